The molecule has 2 aliphatic carbocycles. The molecular weight excluding hydrogens is 737 g/mol. The van der Waals surface area contributed by atoms with E-state index in [2.05, 4.69) is 240 Å². The third-order valence-corrected chi connectivity index (χ3v) is 13.4. The predicted octanol–water partition coefficient (Wildman–Crippen LogP) is 15.4. The van der Waals surface area contributed by atoms with E-state index in [-0.39, 0.29) is 0 Å². The first-order chi connectivity index (χ1) is 30.3. The van der Waals surface area contributed by atoms with Crippen molar-refractivity contribution >= 4 is 49.6 Å². The summed E-state index contributed by atoms with van der Waals surface area (Å²) in [5.41, 5.74) is 19.5. The Hall–Kier alpha value is -7.94. The fourth-order valence-corrected chi connectivity index (χ4v) is 10.9. The van der Waals surface area contributed by atoms with E-state index in [1.165, 1.54) is 88.2 Å². The molecule has 0 saturated carbocycles. The van der Waals surface area contributed by atoms with Crippen LogP contribution in [0.25, 0.3) is 71.6 Å². The zero-order chi connectivity index (χ0) is 40.1. The van der Waals surface area contributed by atoms with Gasteiger partial charge in [0.15, 0.2) is 0 Å². The summed E-state index contributed by atoms with van der Waals surface area (Å²) in [4.78, 5) is 2.46. The van der Waals surface area contributed by atoms with Crippen LogP contribution in [0.4, 0.5) is 17.1 Å². The van der Waals surface area contributed by atoms with E-state index < -0.39 is 5.41 Å². The van der Waals surface area contributed by atoms with Crippen LogP contribution < -0.4 is 4.90 Å². The quantitative estimate of drug-likeness (QED) is 0.169. The number of hydrogen-bond donors (Lipinski definition) is 0. The number of hydrogen-bond acceptors (Lipinski definition) is 1. The highest BCUT2D eigenvalue weighted by Gasteiger charge is 2.51. The summed E-state index contributed by atoms with van der Waals surface area (Å²) in [6, 6.07) is 85.3. The molecule has 1 aromatic heterocycles. The first-order valence-corrected chi connectivity index (χ1v) is 21.2. The van der Waals surface area contributed by atoms with Gasteiger partial charge in [-0.25, -0.2) is 0 Å². The van der Waals surface area contributed by atoms with Gasteiger partial charge in [-0.1, -0.05) is 176 Å². The minimum absolute atomic E-state index is 0.426. The van der Waals surface area contributed by atoms with Gasteiger partial charge in [-0.3, -0.25) is 0 Å². The molecule has 0 unspecified atom stereocenters. The Bertz CT molecular complexity index is 3470. The van der Waals surface area contributed by atoms with Crippen LogP contribution >= 0.6 is 0 Å². The molecule has 0 radical (unpaired) electrons. The lowest BCUT2D eigenvalue weighted by atomic mass is 9.70. The normalized spacial score (nSPS) is 13.0. The number of rotatable bonds is 5. The van der Waals surface area contributed by atoms with Crippen molar-refractivity contribution in [3.05, 3.63) is 253 Å². The van der Waals surface area contributed by atoms with Gasteiger partial charge in [0, 0.05) is 33.2 Å². The molecule has 1 spiro atoms. The summed E-state index contributed by atoms with van der Waals surface area (Å²) in [7, 11) is 0. The van der Waals surface area contributed by atoms with Crippen molar-refractivity contribution in [1.82, 2.24) is 4.57 Å². The standard InChI is InChI=1S/C59H38N2/c1-2-17-42(18-3-1)61-57-27-13-9-23-50(57)51-35-31-41(37-58(51)61)39-29-32-43(33-30-39)60(56-28-14-16-40-15-4-5-19-45(40)56)44-34-36-49-48-22-8-12-26-54(48)59(55(49)38-44)52-24-10-6-20-46(52)47-21-7-11-25-53(47)59/h1-38H. The van der Waals surface area contributed by atoms with Gasteiger partial charge in [-0.15, -0.1) is 0 Å². The highest BCUT2D eigenvalue weighted by Crippen LogP contribution is 2.63. The van der Waals surface area contributed by atoms with Gasteiger partial charge < -0.3 is 9.47 Å². The van der Waals surface area contributed by atoms with Gasteiger partial charge in [0.05, 0.1) is 22.1 Å². The molecule has 0 amide bonds. The third kappa shape index (κ3) is 4.79. The largest absolute Gasteiger partial charge is 0.310 e. The van der Waals surface area contributed by atoms with E-state index in [0.717, 1.165) is 22.7 Å². The maximum Gasteiger partial charge on any atom is 0.0726 e. The van der Waals surface area contributed by atoms with E-state index in [0.29, 0.717) is 0 Å². The fourth-order valence-electron chi connectivity index (χ4n) is 10.9. The molecule has 284 valence electrons. The van der Waals surface area contributed by atoms with Crippen LogP contribution in [0, 0.1) is 0 Å². The number of aromatic nitrogens is 1. The number of nitrogens with zero attached hydrogens (tertiary/aromatic N) is 2. The van der Waals surface area contributed by atoms with Gasteiger partial charge in [0.2, 0.25) is 0 Å². The Morgan fingerprint density at radius 1 is 0.328 bits per heavy atom. The molecule has 10 aromatic carbocycles. The van der Waals surface area contributed by atoms with Crippen molar-refractivity contribution in [2.75, 3.05) is 4.90 Å². The summed E-state index contributed by atoms with van der Waals surface area (Å²) in [5, 5.41) is 4.94. The average Bonchev–Trinajstić information content (AvgIpc) is 3.94. The highest BCUT2D eigenvalue weighted by molar-refractivity contribution is 6.10. The lowest BCUT2D eigenvalue weighted by molar-refractivity contribution is 0.793. The molecular formula is C59H38N2. The molecule has 13 rings (SSSR count). The lowest BCUT2D eigenvalue weighted by Crippen LogP contribution is -2.26. The molecule has 0 aliphatic heterocycles. The van der Waals surface area contributed by atoms with E-state index in [4.69, 9.17) is 0 Å². The molecule has 61 heavy (non-hydrogen) atoms. The van der Waals surface area contributed by atoms with Gasteiger partial charge in [-0.05, 0) is 116 Å². The van der Waals surface area contributed by atoms with Crippen LogP contribution in [0.5, 0.6) is 0 Å². The molecule has 0 saturated heterocycles. The van der Waals surface area contributed by atoms with Crippen molar-refractivity contribution in [3.8, 4) is 39.1 Å². The number of benzene rings is 10. The second-order valence-corrected chi connectivity index (χ2v) is 16.4. The first-order valence-electron chi connectivity index (χ1n) is 21.2. The minimum atomic E-state index is -0.426. The topological polar surface area (TPSA) is 8.17 Å². The number of anilines is 3. The molecule has 0 fully saturated rings. The second kappa shape index (κ2) is 13.0. The molecule has 2 aliphatic rings. The van der Waals surface area contributed by atoms with E-state index in [1.54, 1.807) is 0 Å². The van der Waals surface area contributed by atoms with Gasteiger partial charge in [0.1, 0.15) is 0 Å². The zero-order valence-corrected chi connectivity index (χ0v) is 33.3. The van der Waals surface area contributed by atoms with Crippen LogP contribution in [0.1, 0.15) is 22.3 Å². The summed E-state index contributed by atoms with van der Waals surface area (Å²) < 4.78 is 2.39. The summed E-state index contributed by atoms with van der Waals surface area (Å²) in [6.07, 6.45) is 0. The minimum Gasteiger partial charge on any atom is -0.310 e. The Kier molecular flexibility index (Phi) is 7.26. The molecule has 0 bridgehead atoms. The summed E-state index contributed by atoms with van der Waals surface area (Å²) in [5.74, 6) is 0. The van der Waals surface area contributed by atoms with E-state index >= 15 is 0 Å². The zero-order valence-electron chi connectivity index (χ0n) is 33.3. The number of para-hydroxylation sites is 2. The van der Waals surface area contributed by atoms with Crippen LogP contribution in [0.15, 0.2) is 231 Å². The Morgan fingerprint density at radius 3 is 1.59 bits per heavy atom. The van der Waals surface area contributed by atoms with Crippen molar-refractivity contribution in [3.63, 3.8) is 0 Å². The fraction of sp³-hybridized carbons (Fsp3) is 0.0169. The highest BCUT2D eigenvalue weighted by atomic mass is 15.1. The van der Waals surface area contributed by atoms with Gasteiger partial charge in [0.25, 0.3) is 0 Å². The summed E-state index contributed by atoms with van der Waals surface area (Å²) in [6.45, 7) is 0. The van der Waals surface area contributed by atoms with Gasteiger partial charge >= 0.3 is 0 Å². The molecule has 11 aromatic rings. The first kappa shape index (κ1) is 34.0. The maximum atomic E-state index is 2.49. The van der Waals surface area contributed by atoms with Crippen molar-refractivity contribution in [1.29, 1.82) is 0 Å². The van der Waals surface area contributed by atoms with Crippen LogP contribution in [0.2, 0.25) is 0 Å². The van der Waals surface area contributed by atoms with E-state index in [1.807, 2.05) is 0 Å². The maximum absolute atomic E-state index is 2.49. The second-order valence-electron chi connectivity index (χ2n) is 16.4. The monoisotopic (exact) mass is 774 g/mol. The van der Waals surface area contributed by atoms with E-state index in [9.17, 15) is 0 Å². The Balaban J connectivity index is 1.00. The van der Waals surface area contributed by atoms with Crippen molar-refractivity contribution in [2.24, 2.45) is 0 Å². The Morgan fingerprint density at radius 2 is 0.869 bits per heavy atom. The lowest BCUT2D eigenvalue weighted by Gasteiger charge is -2.32. The molecule has 0 atom stereocenters. The predicted molar refractivity (Wildman–Crippen MR) is 255 cm³/mol. The van der Waals surface area contributed by atoms with Gasteiger partial charge in [-0.2, -0.15) is 0 Å². The smallest absolute Gasteiger partial charge is 0.0726 e. The van der Waals surface area contributed by atoms with Crippen LogP contribution in [-0.2, 0) is 5.41 Å². The Labute approximate surface area is 354 Å². The summed E-state index contributed by atoms with van der Waals surface area (Å²) >= 11 is 0. The molecule has 1 heterocycles. The molecule has 2 nitrogen and oxygen atoms in total. The molecule has 2 heteroatoms. The van der Waals surface area contributed by atoms with Crippen LogP contribution in [-0.4, -0.2) is 4.57 Å². The van der Waals surface area contributed by atoms with Crippen molar-refractivity contribution < 1.29 is 0 Å². The SMILES string of the molecule is c1ccc(-n2c3ccccc3c3ccc(-c4ccc(N(c5ccc6c(c5)C5(c7ccccc7-c7ccccc75)c5ccccc5-6)c5cccc6ccccc56)cc4)cc32)cc1. The van der Waals surface area contributed by atoms with Crippen LogP contribution in [0.3, 0.4) is 0 Å². The average molecular weight is 775 g/mol. The molecule has 0 N–H and O–H groups in total. The third-order valence-electron chi connectivity index (χ3n) is 13.4. The number of fused-ring (bicyclic) bond motifs is 14. The van der Waals surface area contributed by atoms with Crippen molar-refractivity contribution in [2.45, 2.75) is 5.41 Å².